The molecule has 0 saturated carbocycles. The van der Waals surface area contributed by atoms with Crippen LogP contribution in [0, 0.1) is 5.82 Å². The van der Waals surface area contributed by atoms with Gasteiger partial charge in [0.1, 0.15) is 5.82 Å². The molecule has 1 aromatic rings. The minimum absolute atomic E-state index is 0.134. The summed E-state index contributed by atoms with van der Waals surface area (Å²) in [7, 11) is 1.63. The van der Waals surface area contributed by atoms with Gasteiger partial charge in [-0.1, -0.05) is 0 Å². The van der Waals surface area contributed by atoms with Crippen molar-refractivity contribution in [3.05, 3.63) is 29.6 Å². The number of Topliss-reactive ketones (excluding diaryl/α,β-unsaturated/α-hetero) is 1. The molecule has 0 aliphatic rings. The van der Waals surface area contributed by atoms with Crippen molar-refractivity contribution in [2.45, 2.75) is 13.3 Å². The van der Waals surface area contributed by atoms with Crippen molar-refractivity contribution in [1.82, 2.24) is 0 Å². The number of anilines is 1. The van der Waals surface area contributed by atoms with Crippen LogP contribution in [0.15, 0.2) is 18.2 Å². The van der Waals surface area contributed by atoms with Gasteiger partial charge < -0.3 is 10.1 Å². The number of methoxy groups -OCH3 is 1. The maximum absolute atomic E-state index is 13.5. The maximum atomic E-state index is 13.5. The van der Waals surface area contributed by atoms with Gasteiger partial charge in [-0.05, 0) is 31.5 Å². The number of ether oxygens (including phenoxy) is 1. The Morgan fingerprint density at radius 3 is 2.81 bits per heavy atom. The van der Waals surface area contributed by atoms with Crippen LogP contribution in [-0.4, -0.2) is 26.0 Å². The molecule has 0 amide bonds. The van der Waals surface area contributed by atoms with Crippen LogP contribution in [0.2, 0.25) is 0 Å². The van der Waals surface area contributed by atoms with Crippen LogP contribution < -0.4 is 5.32 Å². The Hall–Kier alpha value is -1.42. The van der Waals surface area contributed by atoms with Crippen molar-refractivity contribution in [1.29, 1.82) is 0 Å². The van der Waals surface area contributed by atoms with Crippen molar-refractivity contribution in [3.63, 3.8) is 0 Å². The van der Waals surface area contributed by atoms with E-state index < -0.39 is 5.82 Å². The number of hydrogen-bond acceptors (Lipinski definition) is 3. The lowest BCUT2D eigenvalue weighted by molar-refractivity contribution is 0.101. The molecular weight excluding hydrogens is 209 g/mol. The van der Waals surface area contributed by atoms with Gasteiger partial charge >= 0.3 is 0 Å². The third kappa shape index (κ3) is 3.62. The second kappa shape index (κ2) is 6.23. The lowest BCUT2D eigenvalue weighted by Gasteiger charge is -2.07. The van der Waals surface area contributed by atoms with Gasteiger partial charge in [-0.3, -0.25) is 4.79 Å². The first-order valence-electron chi connectivity index (χ1n) is 5.18. The molecule has 0 aromatic heterocycles. The topological polar surface area (TPSA) is 38.3 Å². The molecule has 1 aromatic carbocycles. The molecule has 3 nitrogen and oxygen atoms in total. The van der Waals surface area contributed by atoms with E-state index in [0.29, 0.717) is 24.4 Å². The van der Waals surface area contributed by atoms with E-state index in [0.717, 1.165) is 6.42 Å². The molecule has 4 heteroatoms. The Kier molecular flexibility index (Phi) is 4.92. The Morgan fingerprint density at radius 2 is 2.25 bits per heavy atom. The highest BCUT2D eigenvalue weighted by Gasteiger charge is 2.05. The van der Waals surface area contributed by atoms with Gasteiger partial charge in [0.2, 0.25) is 0 Å². The molecule has 0 atom stereocenters. The summed E-state index contributed by atoms with van der Waals surface area (Å²) in [6.45, 7) is 2.70. The summed E-state index contributed by atoms with van der Waals surface area (Å²) < 4.78 is 18.4. The molecule has 16 heavy (non-hydrogen) atoms. The SMILES string of the molecule is COCCCNc1ccc(C(C)=O)cc1F. The fourth-order valence-corrected chi connectivity index (χ4v) is 1.32. The smallest absolute Gasteiger partial charge is 0.159 e. The zero-order valence-corrected chi connectivity index (χ0v) is 9.55. The van der Waals surface area contributed by atoms with Gasteiger partial charge in [0.25, 0.3) is 0 Å². The molecule has 0 saturated heterocycles. The van der Waals surface area contributed by atoms with E-state index in [1.54, 1.807) is 19.2 Å². The van der Waals surface area contributed by atoms with E-state index in [2.05, 4.69) is 5.32 Å². The molecule has 88 valence electrons. The predicted octanol–water partition coefficient (Wildman–Crippen LogP) is 2.48. The van der Waals surface area contributed by atoms with Crippen LogP contribution in [-0.2, 0) is 4.74 Å². The zero-order valence-electron chi connectivity index (χ0n) is 9.55. The summed E-state index contributed by atoms with van der Waals surface area (Å²) in [6.07, 6.45) is 0.810. The van der Waals surface area contributed by atoms with E-state index in [1.807, 2.05) is 0 Å². The van der Waals surface area contributed by atoms with E-state index in [9.17, 15) is 9.18 Å². The molecule has 0 fully saturated rings. The molecule has 1 N–H and O–H groups in total. The Bertz CT molecular complexity index is 366. The number of ketones is 1. The van der Waals surface area contributed by atoms with Gasteiger partial charge in [-0.15, -0.1) is 0 Å². The average Bonchev–Trinajstić information content (AvgIpc) is 2.26. The number of carbonyl (C=O) groups is 1. The van der Waals surface area contributed by atoms with Crippen LogP contribution in [0.1, 0.15) is 23.7 Å². The quantitative estimate of drug-likeness (QED) is 0.597. The predicted molar refractivity (Wildman–Crippen MR) is 61.4 cm³/mol. The monoisotopic (exact) mass is 225 g/mol. The zero-order chi connectivity index (χ0) is 12.0. The summed E-state index contributed by atoms with van der Waals surface area (Å²) in [6, 6.07) is 4.45. The molecule has 0 unspecified atom stereocenters. The number of carbonyl (C=O) groups excluding carboxylic acids is 1. The molecule has 1 rings (SSSR count). The largest absolute Gasteiger partial charge is 0.385 e. The highest BCUT2D eigenvalue weighted by Crippen LogP contribution is 2.15. The number of rotatable bonds is 6. The second-order valence-corrected chi connectivity index (χ2v) is 3.52. The number of nitrogens with one attached hydrogen (secondary N) is 1. The van der Waals surface area contributed by atoms with Crippen LogP contribution >= 0.6 is 0 Å². The molecule has 0 aliphatic carbocycles. The fraction of sp³-hybridized carbons (Fsp3) is 0.417. The highest BCUT2D eigenvalue weighted by molar-refractivity contribution is 5.94. The second-order valence-electron chi connectivity index (χ2n) is 3.52. The van der Waals surface area contributed by atoms with Gasteiger partial charge in [0.05, 0.1) is 5.69 Å². The Morgan fingerprint density at radius 1 is 1.50 bits per heavy atom. The van der Waals surface area contributed by atoms with Gasteiger partial charge in [-0.25, -0.2) is 4.39 Å². The number of halogens is 1. The molecule has 0 bridgehead atoms. The number of hydrogen-bond donors (Lipinski definition) is 1. The summed E-state index contributed by atoms with van der Waals surface area (Å²) in [5.74, 6) is -0.532. The summed E-state index contributed by atoms with van der Waals surface area (Å²) >= 11 is 0. The third-order valence-electron chi connectivity index (χ3n) is 2.22. The van der Waals surface area contributed by atoms with Crippen molar-refractivity contribution >= 4 is 11.5 Å². The van der Waals surface area contributed by atoms with Crippen molar-refractivity contribution < 1.29 is 13.9 Å². The lowest BCUT2D eigenvalue weighted by Crippen LogP contribution is -2.06. The van der Waals surface area contributed by atoms with E-state index >= 15 is 0 Å². The first-order valence-corrected chi connectivity index (χ1v) is 5.18. The van der Waals surface area contributed by atoms with E-state index in [4.69, 9.17) is 4.74 Å². The van der Waals surface area contributed by atoms with Crippen LogP contribution in [0.3, 0.4) is 0 Å². The summed E-state index contributed by atoms with van der Waals surface area (Å²) in [5.41, 5.74) is 0.807. The van der Waals surface area contributed by atoms with Crippen molar-refractivity contribution in [2.75, 3.05) is 25.6 Å². The Labute approximate surface area is 94.6 Å². The van der Waals surface area contributed by atoms with Crippen molar-refractivity contribution in [3.8, 4) is 0 Å². The van der Waals surface area contributed by atoms with E-state index in [-0.39, 0.29) is 5.78 Å². The minimum Gasteiger partial charge on any atom is -0.385 e. The maximum Gasteiger partial charge on any atom is 0.159 e. The van der Waals surface area contributed by atoms with Crippen LogP contribution in [0.5, 0.6) is 0 Å². The van der Waals surface area contributed by atoms with Gasteiger partial charge in [0, 0.05) is 25.8 Å². The van der Waals surface area contributed by atoms with Crippen LogP contribution in [0.4, 0.5) is 10.1 Å². The van der Waals surface area contributed by atoms with Gasteiger partial charge in [-0.2, -0.15) is 0 Å². The Balaban J connectivity index is 2.57. The standard InChI is InChI=1S/C12H16FNO2/c1-9(15)10-4-5-12(11(13)8-10)14-6-3-7-16-2/h4-5,8,14H,3,6-7H2,1-2H3. The average molecular weight is 225 g/mol. The first kappa shape index (κ1) is 12.6. The molecule has 0 radical (unpaired) electrons. The molecular formula is C12H16FNO2. The molecule has 0 spiro atoms. The fourth-order valence-electron chi connectivity index (χ4n) is 1.32. The van der Waals surface area contributed by atoms with Crippen molar-refractivity contribution in [2.24, 2.45) is 0 Å². The normalized spacial score (nSPS) is 10.2. The number of benzene rings is 1. The van der Waals surface area contributed by atoms with Crippen LogP contribution in [0.25, 0.3) is 0 Å². The highest BCUT2D eigenvalue weighted by atomic mass is 19.1. The summed E-state index contributed by atoms with van der Waals surface area (Å²) in [5, 5.41) is 2.95. The molecule has 0 heterocycles. The minimum atomic E-state index is -0.398. The lowest BCUT2D eigenvalue weighted by atomic mass is 10.1. The third-order valence-corrected chi connectivity index (χ3v) is 2.22. The first-order chi connectivity index (χ1) is 7.65. The molecule has 0 aliphatic heterocycles. The van der Waals surface area contributed by atoms with Gasteiger partial charge in [0.15, 0.2) is 5.78 Å². The van der Waals surface area contributed by atoms with E-state index in [1.165, 1.54) is 13.0 Å². The summed E-state index contributed by atoms with van der Waals surface area (Å²) in [4.78, 5) is 11.0.